The van der Waals surface area contributed by atoms with Crippen molar-refractivity contribution in [2.75, 3.05) is 49.2 Å². The van der Waals surface area contributed by atoms with E-state index in [4.69, 9.17) is 9.47 Å². The minimum absolute atomic E-state index is 0.0316. The standard InChI is InChI=1S/C28H35N3O6/c1-4-27-13-8-18-36-26(35)22(27)21-24(33)31(16-17-32)23-25(34)30(15-7-14-28(21,23)37-27)20-11-9-19(10-12-20)29(5-2)6-3/h7-14,21-23,32H,4-6,15-18H2,1-3H3/t21-,22+,23?,27-,28-/m0/s1. The maximum absolute atomic E-state index is 14.3. The van der Waals surface area contributed by atoms with E-state index in [1.165, 1.54) is 4.90 Å². The van der Waals surface area contributed by atoms with Crippen LogP contribution < -0.4 is 9.80 Å². The molecule has 5 rings (SSSR count). The Labute approximate surface area is 217 Å². The summed E-state index contributed by atoms with van der Waals surface area (Å²) in [5, 5.41) is 9.81. The van der Waals surface area contributed by atoms with Crippen LogP contribution in [-0.4, -0.2) is 84.4 Å². The average Bonchev–Trinajstić information content (AvgIpc) is 3.17. The number of carbonyl (C=O) groups excluding carboxylic acids is 3. The lowest BCUT2D eigenvalue weighted by molar-refractivity contribution is -0.157. The number of likely N-dealkylation sites (tertiary alicyclic amines) is 1. The fraction of sp³-hybridized carbons (Fsp3) is 0.536. The van der Waals surface area contributed by atoms with Crippen molar-refractivity contribution in [2.24, 2.45) is 11.8 Å². The van der Waals surface area contributed by atoms with E-state index in [1.807, 2.05) is 43.3 Å². The number of nitrogens with zero attached hydrogens (tertiary/aromatic N) is 3. The Morgan fingerprint density at radius 3 is 2.38 bits per heavy atom. The Morgan fingerprint density at radius 2 is 1.73 bits per heavy atom. The molecule has 1 aromatic rings. The van der Waals surface area contributed by atoms with Gasteiger partial charge in [-0.25, -0.2) is 0 Å². The number of β-amino-alcohol motifs (C(OH)–C–C–N with tert-alkyl or cyclic N) is 1. The first kappa shape index (κ1) is 25.5. The molecule has 1 N–H and O–H groups in total. The van der Waals surface area contributed by atoms with Crippen LogP contribution in [0.2, 0.25) is 0 Å². The molecule has 1 spiro atoms. The second-order valence-corrected chi connectivity index (χ2v) is 9.95. The molecule has 1 unspecified atom stereocenters. The number of carbonyl (C=O) groups is 3. The minimum atomic E-state index is -1.35. The number of esters is 1. The molecule has 4 heterocycles. The van der Waals surface area contributed by atoms with E-state index in [-0.39, 0.29) is 31.6 Å². The number of cyclic esters (lactones) is 1. The van der Waals surface area contributed by atoms with Gasteiger partial charge in [-0.05, 0) is 50.6 Å². The van der Waals surface area contributed by atoms with E-state index in [9.17, 15) is 19.5 Å². The van der Waals surface area contributed by atoms with Gasteiger partial charge in [-0.1, -0.05) is 25.2 Å². The predicted molar refractivity (Wildman–Crippen MR) is 138 cm³/mol. The first-order valence-electron chi connectivity index (χ1n) is 13.2. The third-order valence-electron chi connectivity index (χ3n) is 8.33. The number of anilines is 2. The van der Waals surface area contributed by atoms with E-state index in [2.05, 4.69) is 18.7 Å². The van der Waals surface area contributed by atoms with Gasteiger partial charge in [0.1, 0.15) is 29.8 Å². The third kappa shape index (κ3) is 3.70. The van der Waals surface area contributed by atoms with Crippen LogP contribution in [0.4, 0.5) is 11.4 Å². The Morgan fingerprint density at radius 1 is 1.00 bits per heavy atom. The van der Waals surface area contributed by atoms with Gasteiger partial charge in [0.25, 0.3) is 5.91 Å². The molecule has 0 saturated carbocycles. The summed E-state index contributed by atoms with van der Waals surface area (Å²) in [5.74, 6) is -2.98. The molecule has 4 aliphatic rings. The van der Waals surface area contributed by atoms with Crippen LogP contribution in [0.5, 0.6) is 0 Å². The highest BCUT2D eigenvalue weighted by Gasteiger charge is 2.75. The Hall–Kier alpha value is -3.17. The Bertz CT molecular complexity index is 1130. The van der Waals surface area contributed by atoms with E-state index in [0.717, 1.165) is 18.8 Å². The molecule has 9 nitrogen and oxygen atoms in total. The van der Waals surface area contributed by atoms with Gasteiger partial charge in [0, 0.05) is 37.6 Å². The fourth-order valence-electron chi connectivity index (χ4n) is 6.61. The Balaban J connectivity index is 1.58. The summed E-state index contributed by atoms with van der Waals surface area (Å²) < 4.78 is 12.2. The van der Waals surface area contributed by atoms with Crippen LogP contribution in [0.3, 0.4) is 0 Å². The van der Waals surface area contributed by atoms with Crippen molar-refractivity contribution in [1.82, 2.24) is 4.90 Å². The van der Waals surface area contributed by atoms with Crippen LogP contribution in [0.1, 0.15) is 27.2 Å². The van der Waals surface area contributed by atoms with Gasteiger partial charge in [-0.15, -0.1) is 0 Å². The molecule has 2 amide bonds. The molecule has 37 heavy (non-hydrogen) atoms. The van der Waals surface area contributed by atoms with E-state index in [0.29, 0.717) is 18.7 Å². The zero-order valence-corrected chi connectivity index (χ0v) is 21.6. The van der Waals surface area contributed by atoms with Crippen LogP contribution >= 0.6 is 0 Å². The lowest BCUT2D eigenvalue weighted by atomic mass is 9.73. The highest BCUT2D eigenvalue weighted by Crippen LogP contribution is 2.58. The van der Waals surface area contributed by atoms with E-state index < -0.39 is 35.0 Å². The average molecular weight is 510 g/mol. The minimum Gasteiger partial charge on any atom is -0.461 e. The predicted octanol–water partition coefficient (Wildman–Crippen LogP) is 1.90. The smallest absolute Gasteiger partial charge is 0.313 e. The first-order valence-corrected chi connectivity index (χ1v) is 13.2. The summed E-state index contributed by atoms with van der Waals surface area (Å²) in [5.41, 5.74) is -0.627. The molecule has 198 valence electrons. The number of hydrogen-bond donors (Lipinski definition) is 1. The number of ether oxygens (including phenoxy) is 2. The number of hydrogen-bond acceptors (Lipinski definition) is 7. The summed E-state index contributed by atoms with van der Waals surface area (Å²) in [6.07, 6.45) is 7.66. The maximum Gasteiger partial charge on any atom is 0.313 e. The molecule has 0 radical (unpaired) electrons. The van der Waals surface area contributed by atoms with E-state index >= 15 is 0 Å². The van der Waals surface area contributed by atoms with Crippen molar-refractivity contribution >= 4 is 29.2 Å². The number of rotatable bonds is 7. The third-order valence-corrected chi connectivity index (χ3v) is 8.33. The van der Waals surface area contributed by atoms with Crippen LogP contribution in [0, 0.1) is 11.8 Å². The summed E-state index contributed by atoms with van der Waals surface area (Å²) in [4.78, 5) is 46.6. The zero-order valence-electron chi connectivity index (χ0n) is 21.6. The molecule has 5 atom stereocenters. The second kappa shape index (κ2) is 9.61. The van der Waals surface area contributed by atoms with Gasteiger partial charge in [0.05, 0.1) is 12.5 Å². The molecule has 2 saturated heterocycles. The summed E-state index contributed by atoms with van der Waals surface area (Å²) >= 11 is 0. The molecule has 0 aliphatic carbocycles. The number of aliphatic hydroxyl groups excluding tert-OH is 1. The number of benzene rings is 1. The van der Waals surface area contributed by atoms with Gasteiger partial charge in [0.15, 0.2) is 0 Å². The normalized spacial score (nSPS) is 32.5. The number of aliphatic hydroxyl groups is 1. The largest absolute Gasteiger partial charge is 0.461 e. The molecular formula is C28H35N3O6. The second-order valence-electron chi connectivity index (χ2n) is 9.95. The fourth-order valence-corrected chi connectivity index (χ4v) is 6.61. The number of fused-ring (bicyclic) bond motifs is 2. The monoisotopic (exact) mass is 509 g/mol. The lowest BCUT2D eigenvalue weighted by Gasteiger charge is -2.38. The van der Waals surface area contributed by atoms with Crippen LogP contribution in [-0.2, 0) is 23.9 Å². The van der Waals surface area contributed by atoms with Gasteiger partial charge >= 0.3 is 5.97 Å². The summed E-state index contributed by atoms with van der Waals surface area (Å²) in [6.45, 7) is 7.92. The van der Waals surface area contributed by atoms with Gasteiger partial charge < -0.3 is 29.3 Å². The molecule has 2 fully saturated rings. The topological polar surface area (TPSA) is 99.6 Å². The molecule has 4 aliphatic heterocycles. The molecule has 0 aromatic heterocycles. The van der Waals surface area contributed by atoms with Gasteiger partial charge in [-0.2, -0.15) is 0 Å². The molecule has 0 bridgehead atoms. The van der Waals surface area contributed by atoms with Crippen molar-refractivity contribution in [1.29, 1.82) is 0 Å². The quantitative estimate of drug-likeness (QED) is 0.443. The highest BCUT2D eigenvalue weighted by molar-refractivity contribution is 6.05. The number of amides is 2. The lowest BCUT2D eigenvalue weighted by Crippen LogP contribution is -2.56. The highest BCUT2D eigenvalue weighted by atomic mass is 16.6. The van der Waals surface area contributed by atoms with Crippen LogP contribution in [0.15, 0.2) is 48.6 Å². The SMILES string of the molecule is CCN(CC)c1ccc(N2CC=C[C@]34O[C@@]5(CC)C=CCOC(=O)[C@H]5[C@H]3C(=O)N(CCO)C4C2=O)cc1. The summed E-state index contributed by atoms with van der Waals surface area (Å²) in [7, 11) is 0. The van der Waals surface area contributed by atoms with Crippen molar-refractivity contribution in [3.05, 3.63) is 48.6 Å². The molecule has 1 aromatic carbocycles. The van der Waals surface area contributed by atoms with Crippen molar-refractivity contribution < 1.29 is 29.0 Å². The maximum atomic E-state index is 14.3. The first-order chi connectivity index (χ1) is 17.9. The molecular weight excluding hydrogens is 474 g/mol. The van der Waals surface area contributed by atoms with E-state index in [1.54, 1.807) is 17.1 Å². The van der Waals surface area contributed by atoms with Crippen molar-refractivity contribution in [3.8, 4) is 0 Å². The summed E-state index contributed by atoms with van der Waals surface area (Å²) in [6, 6.07) is 6.79. The zero-order chi connectivity index (χ0) is 26.4. The van der Waals surface area contributed by atoms with Crippen molar-refractivity contribution in [2.45, 2.75) is 44.4 Å². The molecule has 9 heteroatoms. The Kier molecular flexibility index (Phi) is 6.62. The van der Waals surface area contributed by atoms with Gasteiger partial charge in [0.2, 0.25) is 5.91 Å². The van der Waals surface area contributed by atoms with Crippen LogP contribution in [0.25, 0.3) is 0 Å². The van der Waals surface area contributed by atoms with Gasteiger partial charge in [-0.3, -0.25) is 14.4 Å². The van der Waals surface area contributed by atoms with Crippen molar-refractivity contribution in [3.63, 3.8) is 0 Å².